The van der Waals surface area contributed by atoms with Crippen LogP contribution in [0.2, 0.25) is 0 Å². The van der Waals surface area contributed by atoms with Gasteiger partial charge >= 0.3 is 0 Å². The Kier molecular flexibility index (Phi) is 5.71. The number of hydrogen-bond acceptors (Lipinski definition) is 3. The molecule has 0 heterocycles. The fourth-order valence-corrected chi connectivity index (χ4v) is 3.09. The van der Waals surface area contributed by atoms with Gasteiger partial charge in [-0.25, -0.2) is 4.39 Å². The van der Waals surface area contributed by atoms with E-state index in [-0.39, 0.29) is 23.5 Å². The SMILES string of the molecule is O=C(CCSc1ccc(F)cc1)Nc1ccc(NC(=O)C2CC2)cc1. The molecule has 0 bridgehead atoms. The number of halogens is 1. The average Bonchev–Trinajstić information content (AvgIpc) is 3.43. The van der Waals surface area contributed by atoms with Crippen LogP contribution in [0.5, 0.6) is 0 Å². The molecule has 4 nitrogen and oxygen atoms in total. The number of rotatable bonds is 7. The monoisotopic (exact) mass is 358 g/mol. The zero-order valence-electron chi connectivity index (χ0n) is 13.6. The molecule has 0 atom stereocenters. The molecule has 0 radical (unpaired) electrons. The number of carbonyl (C=O) groups is 2. The first kappa shape index (κ1) is 17.5. The molecule has 0 unspecified atom stereocenters. The van der Waals surface area contributed by atoms with Crippen LogP contribution in [0.3, 0.4) is 0 Å². The standard InChI is InChI=1S/C19H19FN2O2S/c20-14-3-9-17(10-4-14)25-12-11-18(23)21-15-5-7-16(8-6-15)22-19(24)13-1-2-13/h3-10,13H,1-2,11-12H2,(H,21,23)(H,22,24). The molecule has 3 rings (SSSR count). The molecule has 1 fully saturated rings. The van der Waals surface area contributed by atoms with Crippen molar-refractivity contribution in [3.8, 4) is 0 Å². The molecule has 130 valence electrons. The van der Waals surface area contributed by atoms with Crippen molar-refractivity contribution in [2.24, 2.45) is 5.92 Å². The van der Waals surface area contributed by atoms with E-state index in [1.54, 1.807) is 36.4 Å². The summed E-state index contributed by atoms with van der Waals surface area (Å²) >= 11 is 1.51. The van der Waals surface area contributed by atoms with Crippen molar-refractivity contribution in [3.05, 3.63) is 54.3 Å². The number of benzene rings is 2. The highest BCUT2D eigenvalue weighted by atomic mass is 32.2. The molecule has 1 saturated carbocycles. The summed E-state index contributed by atoms with van der Waals surface area (Å²) in [5.74, 6) is 0.503. The molecule has 1 aliphatic carbocycles. The molecule has 0 saturated heterocycles. The first-order valence-corrected chi connectivity index (χ1v) is 9.18. The minimum absolute atomic E-state index is 0.0644. The van der Waals surface area contributed by atoms with Crippen molar-refractivity contribution in [1.29, 1.82) is 0 Å². The molecule has 2 aromatic carbocycles. The number of hydrogen-bond donors (Lipinski definition) is 2. The third kappa shape index (κ3) is 5.60. The Morgan fingerprint density at radius 2 is 1.56 bits per heavy atom. The fraction of sp³-hybridized carbons (Fsp3) is 0.263. The van der Waals surface area contributed by atoms with Gasteiger partial charge in [0.15, 0.2) is 0 Å². The van der Waals surface area contributed by atoms with Gasteiger partial charge in [-0.05, 0) is 61.4 Å². The highest BCUT2D eigenvalue weighted by Gasteiger charge is 2.29. The third-order valence-electron chi connectivity index (χ3n) is 3.80. The molecule has 0 aromatic heterocycles. The van der Waals surface area contributed by atoms with Gasteiger partial charge in [-0.1, -0.05) is 0 Å². The van der Waals surface area contributed by atoms with Crippen molar-refractivity contribution >= 4 is 35.0 Å². The normalized spacial score (nSPS) is 13.3. The number of carbonyl (C=O) groups excluding carboxylic acids is 2. The van der Waals surface area contributed by atoms with E-state index in [9.17, 15) is 14.0 Å². The van der Waals surface area contributed by atoms with Crippen LogP contribution >= 0.6 is 11.8 Å². The lowest BCUT2D eigenvalue weighted by Gasteiger charge is -2.08. The summed E-state index contributed by atoms with van der Waals surface area (Å²) in [4.78, 5) is 24.6. The Morgan fingerprint density at radius 3 is 2.16 bits per heavy atom. The maximum Gasteiger partial charge on any atom is 0.227 e. The highest BCUT2D eigenvalue weighted by molar-refractivity contribution is 7.99. The average molecular weight is 358 g/mol. The molecule has 0 spiro atoms. The van der Waals surface area contributed by atoms with Gasteiger partial charge < -0.3 is 10.6 Å². The van der Waals surface area contributed by atoms with Gasteiger partial charge in [-0.3, -0.25) is 9.59 Å². The summed E-state index contributed by atoms with van der Waals surface area (Å²) < 4.78 is 12.8. The number of thioether (sulfide) groups is 1. The van der Waals surface area contributed by atoms with Crippen LogP contribution in [0, 0.1) is 11.7 Å². The van der Waals surface area contributed by atoms with Crippen molar-refractivity contribution < 1.29 is 14.0 Å². The first-order chi connectivity index (χ1) is 12.1. The molecule has 6 heteroatoms. The second kappa shape index (κ2) is 8.16. The van der Waals surface area contributed by atoms with E-state index in [2.05, 4.69) is 10.6 Å². The molecular formula is C19H19FN2O2S. The van der Waals surface area contributed by atoms with Crippen molar-refractivity contribution in [2.75, 3.05) is 16.4 Å². The maximum atomic E-state index is 12.8. The van der Waals surface area contributed by atoms with Crippen LogP contribution < -0.4 is 10.6 Å². The Labute approximate surface area is 150 Å². The Balaban J connectivity index is 1.41. The van der Waals surface area contributed by atoms with Crippen molar-refractivity contribution in [2.45, 2.75) is 24.2 Å². The van der Waals surface area contributed by atoms with E-state index in [0.717, 1.165) is 23.4 Å². The van der Waals surface area contributed by atoms with Gasteiger partial charge in [0.05, 0.1) is 0 Å². The molecule has 2 aromatic rings. The lowest BCUT2D eigenvalue weighted by Crippen LogP contribution is -2.14. The van der Waals surface area contributed by atoms with Gasteiger partial charge in [0.2, 0.25) is 11.8 Å². The van der Waals surface area contributed by atoms with E-state index in [1.807, 2.05) is 0 Å². The number of anilines is 2. The van der Waals surface area contributed by atoms with E-state index in [1.165, 1.54) is 23.9 Å². The van der Waals surface area contributed by atoms with Crippen LogP contribution in [0.1, 0.15) is 19.3 Å². The topological polar surface area (TPSA) is 58.2 Å². The second-order valence-corrected chi connectivity index (χ2v) is 7.11. The van der Waals surface area contributed by atoms with E-state index < -0.39 is 0 Å². The third-order valence-corrected chi connectivity index (χ3v) is 4.81. The van der Waals surface area contributed by atoms with Crippen LogP contribution in [0.15, 0.2) is 53.4 Å². The van der Waals surface area contributed by atoms with E-state index in [0.29, 0.717) is 17.9 Å². The van der Waals surface area contributed by atoms with Gasteiger partial charge in [0.1, 0.15) is 5.82 Å². The molecule has 1 aliphatic rings. The Hall–Kier alpha value is -2.34. The molecule has 2 N–H and O–H groups in total. The minimum Gasteiger partial charge on any atom is -0.326 e. The van der Waals surface area contributed by atoms with Gasteiger partial charge in [-0.2, -0.15) is 0 Å². The Morgan fingerprint density at radius 1 is 0.960 bits per heavy atom. The second-order valence-electron chi connectivity index (χ2n) is 5.94. The summed E-state index contributed by atoms with van der Waals surface area (Å²) in [5, 5.41) is 5.69. The molecule has 2 amide bonds. The van der Waals surface area contributed by atoms with Crippen LogP contribution in [0.25, 0.3) is 0 Å². The summed E-state index contributed by atoms with van der Waals surface area (Å²) in [6, 6.07) is 13.3. The summed E-state index contributed by atoms with van der Waals surface area (Å²) in [5.41, 5.74) is 1.43. The number of nitrogens with one attached hydrogen (secondary N) is 2. The largest absolute Gasteiger partial charge is 0.326 e. The summed E-state index contributed by atoms with van der Waals surface area (Å²) in [6.07, 6.45) is 2.30. The van der Waals surface area contributed by atoms with E-state index >= 15 is 0 Å². The van der Waals surface area contributed by atoms with Crippen molar-refractivity contribution in [1.82, 2.24) is 0 Å². The fourth-order valence-electron chi connectivity index (χ4n) is 2.24. The lowest BCUT2D eigenvalue weighted by atomic mass is 10.2. The van der Waals surface area contributed by atoms with Gasteiger partial charge in [-0.15, -0.1) is 11.8 Å². The molecule has 0 aliphatic heterocycles. The molecule has 25 heavy (non-hydrogen) atoms. The van der Waals surface area contributed by atoms with Gasteiger partial charge in [0.25, 0.3) is 0 Å². The van der Waals surface area contributed by atoms with Crippen LogP contribution in [0.4, 0.5) is 15.8 Å². The predicted octanol–water partition coefficient (Wildman–Crippen LogP) is 4.30. The van der Waals surface area contributed by atoms with Crippen LogP contribution in [-0.2, 0) is 9.59 Å². The molecular weight excluding hydrogens is 339 g/mol. The minimum atomic E-state index is -0.265. The van der Waals surface area contributed by atoms with Crippen molar-refractivity contribution in [3.63, 3.8) is 0 Å². The predicted molar refractivity (Wildman–Crippen MR) is 98.2 cm³/mol. The zero-order chi connectivity index (χ0) is 17.6. The quantitative estimate of drug-likeness (QED) is 0.726. The van der Waals surface area contributed by atoms with E-state index in [4.69, 9.17) is 0 Å². The number of amides is 2. The smallest absolute Gasteiger partial charge is 0.227 e. The summed E-state index contributed by atoms with van der Waals surface area (Å²) in [7, 11) is 0. The summed E-state index contributed by atoms with van der Waals surface area (Å²) in [6.45, 7) is 0. The Bertz CT molecular complexity index is 743. The maximum absolute atomic E-state index is 12.8. The first-order valence-electron chi connectivity index (χ1n) is 8.19. The lowest BCUT2D eigenvalue weighted by molar-refractivity contribution is -0.117. The van der Waals surface area contributed by atoms with Crippen LogP contribution in [-0.4, -0.2) is 17.6 Å². The highest BCUT2D eigenvalue weighted by Crippen LogP contribution is 2.30. The zero-order valence-corrected chi connectivity index (χ0v) is 14.4. The van der Waals surface area contributed by atoms with Gasteiger partial charge in [0, 0.05) is 34.4 Å².